The molecule has 0 spiro atoms. The summed E-state index contributed by atoms with van der Waals surface area (Å²) < 4.78 is 0. The van der Waals surface area contributed by atoms with Crippen LogP contribution in [-0.4, -0.2) is 41.8 Å². The lowest BCUT2D eigenvalue weighted by atomic mass is 9.80. The summed E-state index contributed by atoms with van der Waals surface area (Å²) in [5.74, 6) is 0.844. The quantitative estimate of drug-likeness (QED) is 0.736. The number of fused-ring (bicyclic) bond motifs is 1. The molecule has 3 atom stereocenters. The van der Waals surface area contributed by atoms with Crippen molar-refractivity contribution in [2.24, 2.45) is 11.8 Å². The zero-order valence-corrected chi connectivity index (χ0v) is 10.7. The van der Waals surface area contributed by atoms with Gasteiger partial charge in [-0.15, -0.1) is 0 Å². The summed E-state index contributed by atoms with van der Waals surface area (Å²) in [7, 11) is 0. The van der Waals surface area contributed by atoms with Crippen molar-refractivity contribution in [3.05, 3.63) is 0 Å². The van der Waals surface area contributed by atoms with Crippen LogP contribution >= 0.6 is 0 Å². The van der Waals surface area contributed by atoms with E-state index in [1.165, 1.54) is 6.42 Å². The molecule has 0 bridgehead atoms. The van der Waals surface area contributed by atoms with Crippen LogP contribution in [0.3, 0.4) is 0 Å². The molecule has 17 heavy (non-hydrogen) atoms. The van der Waals surface area contributed by atoms with Gasteiger partial charge in [-0.2, -0.15) is 0 Å². The molecule has 1 saturated carbocycles. The summed E-state index contributed by atoms with van der Waals surface area (Å²) in [6, 6.07) is 0.0556. The number of hydrogen-bond donors (Lipinski definition) is 2. The minimum absolute atomic E-state index is 0.0556. The fraction of sp³-hybridized carbons (Fsp3) is 0.923. The Labute approximate surface area is 103 Å². The van der Waals surface area contributed by atoms with Gasteiger partial charge in [0.05, 0.1) is 6.10 Å². The van der Waals surface area contributed by atoms with Crippen LogP contribution in [0.25, 0.3) is 0 Å². The maximum Gasteiger partial charge on any atom is 0.317 e. The van der Waals surface area contributed by atoms with Crippen molar-refractivity contribution in [3.8, 4) is 0 Å². The Morgan fingerprint density at radius 1 is 1.41 bits per heavy atom. The van der Waals surface area contributed by atoms with Crippen LogP contribution in [0.15, 0.2) is 0 Å². The molecule has 2 N–H and O–H groups in total. The average Bonchev–Trinajstić information content (AvgIpc) is 2.75. The number of rotatable bonds is 3. The molecule has 1 aliphatic carbocycles. The van der Waals surface area contributed by atoms with E-state index in [2.05, 4.69) is 12.2 Å². The highest BCUT2D eigenvalue weighted by Gasteiger charge is 2.40. The van der Waals surface area contributed by atoms with Gasteiger partial charge in [-0.3, -0.25) is 0 Å². The molecule has 1 heterocycles. The van der Waals surface area contributed by atoms with E-state index in [9.17, 15) is 9.90 Å². The maximum atomic E-state index is 11.9. The van der Waals surface area contributed by atoms with Crippen molar-refractivity contribution in [3.63, 3.8) is 0 Å². The maximum absolute atomic E-state index is 11.9. The van der Waals surface area contributed by atoms with Gasteiger partial charge < -0.3 is 15.3 Å². The third kappa shape index (κ3) is 2.92. The fourth-order valence-corrected chi connectivity index (χ4v) is 3.09. The SMILES string of the molecule is CCCCNC(=O)N1C[C@@H]2CCC[C@@H](O)[C@@H]2C1. The fourth-order valence-electron chi connectivity index (χ4n) is 3.09. The Bertz CT molecular complexity index is 270. The van der Waals surface area contributed by atoms with E-state index >= 15 is 0 Å². The number of carbonyl (C=O) groups is 1. The van der Waals surface area contributed by atoms with Crippen LogP contribution in [0, 0.1) is 11.8 Å². The highest BCUT2D eigenvalue weighted by Crippen LogP contribution is 2.36. The van der Waals surface area contributed by atoms with E-state index in [0.29, 0.717) is 11.8 Å². The molecule has 2 amide bonds. The van der Waals surface area contributed by atoms with Crippen LogP contribution in [0.1, 0.15) is 39.0 Å². The van der Waals surface area contributed by atoms with E-state index < -0.39 is 0 Å². The first-order valence-electron chi connectivity index (χ1n) is 6.93. The van der Waals surface area contributed by atoms with E-state index in [-0.39, 0.29) is 12.1 Å². The topological polar surface area (TPSA) is 52.6 Å². The number of hydrogen-bond acceptors (Lipinski definition) is 2. The molecule has 1 aliphatic heterocycles. The van der Waals surface area contributed by atoms with Crippen molar-refractivity contribution in [1.82, 2.24) is 10.2 Å². The number of aliphatic hydroxyl groups excluding tert-OH is 1. The first-order chi connectivity index (χ1) is 8.22. The van der Waals surface area contributed by atoms with Gasteiger partial charge in [0.25, 0.3) is 0 Å². The molecule has 2 aliphatic rings. The molecule has 4 heteroatoms. The zero-order chi connectivity index (χ0) is 12.3. The Morgan fingerprint density at radius 2 is 2.24 bits per heavy atom. The second kappa shape index (κ2) is 5.71. The third-order valence-corrected chi connectivity index (χ3v) is 4.15. The van der Waals surface area contributed by atoms with Gasteiger partial charge in [-0.05, 0) is 25.2 Å². The second-order valence-electron chi connectivity index (χ2n) is 5.41. The Morgan fingerprint density at radius 3 is 2.94 bits per heavy atom. The molecule has 98 valence electrons. The highest BCUT2D eigenvalue weighted by atomic mass is 16.3. The van der Waals surface area contributed by atoms with Crippen LogP contribution < -0.4 is 5.32 Å². The van der Waals surface area contributed by atoms with Gasteiger partial charge in [-0.1, -0.05) is 19.8 Å². The molecule has 2 fully saturated rings. The van der Waals surface area contributed by atoms with Gasteiger partial charge >= 0.3 is 6.03 Å². The summed E-state index contributed by atoms with van der Waals surface area (Å²) in [4.78, 5) is 13.8. The first-order valence-corrected chi connectivity index (χ1v) is 6.93. The standard InChI is InChI=1S/C13H24N2O2/c1-2-3-7-14-13(17)15-8-10-5-4-6-12(16)11(10)9-15/h10-12,16H,2-9H2,1H3,(H,14,17)/t10-,11+,12+/m0/s1. The number of carbonyl (C=O) groups excluding carboxylic acids is 1. The Balaban J connectivity index is 1.81. The summed E-state index contributed by atoms with van der Waals surface area (Å²) in [6.07, 6.45) is 5.13. The predicted molar refractivity (Wildman–Crippen MR) is 66.7 cm³/mol. The van der Waals surface area contributed by atoms with Crippen molar-refractivity contribution in [2.45, 2.75) is 45.1 Å². The third-order valence-electron chi connectivity index (χ3n) is 4.15. The number of unbranched alkanes of at least 4 members (excludes halogenated alkanes) is 1. The molecular formula is C13H24N2O2. The lowest BCUT2D eigenvalue weighted by Crippen LogP contribution is -2.39. The van der Waals surface area contributed by atoms with E-state index in [1.807, 2.05) is 4.90 Å². The average molecular weight is 240 g/mol. The molecule has 1 saturated heterocycles. The Kier molecular flexibility index (Phi) is 4.26. The second-order valence-corrected chi connectivity index (χ2v) is 5.41. The van der Waals surface area contributed by atoms with Gasteiger partial charge in [0.1, 0.15) is 0 Å². The molecule has 0 radical (unpaired) electrons. The minimum Gasteiger partial charge on any atom is -0.393 e. The number of urea groups is 1. The van der Waals surface area contributed by atoms with Gasteiger partial charge in [0.2, 0.25) is 0 Å². The zero-order valence-electron chi connectivity index (χ0n) is 10.7. The highest BCUT2D eigenvalue weighted by molar-refractivity contribution is 5.74. The lowest BCUT2D eigenvalue weighted by molar-refractivity contribution is 0.0553. The van der Waals surface area contributed by atoms with E-state index in [1.54, 1.807) is 0 Å². The molecule has 0 unspecified atom stereocenters. The van der Waals surface area contributed by atoms with Gasteiger partial charge in [0.15, 0.2) is 0 Å². The molecule has 0 aromatic carbocycles. The van der Waals surface area contributed by atoms with Crippen LogP contribution in [0.2, 0.25) is 0 Å². The summed E-state index contributed by atoms with van der Waals surface area (Å²) in [5.41, 5.74) is 0. The monoisotopic (exact) mass is 240 g/mol. The summed E-state index contributed by atoms with van der Waals surface area (Å²) in [5, 5.41) is 12.9. The molecule has 2 rings (SSSR count). The van der Waals surface area contributed by atoms with Gasteiger partial charge in [0, 0.05) is 25.6 Å². The molecule has 4 nitrogen and oxygen atoms in total. The predicted octanol–water partition coefficient (Wildman–Crippen LogP) is 1.59. The lowest BCUT2D eigenvalue weighted by Gasteiger charge is -2.28. The van der Waals surface area contributed by atoms with Crippen LogP contribution in [0.4, 0.5) is 4.79 Å². The van der Waals surface area contributed by atoms with Crippen molar-refractivity contribution in [1.29, 1.82) is 0 Å². The van der Waals surface area contributed by atoms with Crippen molar-refractivity contribution in [2.75, 3.05) is 19.6 Å². The first kappa shape index (κ1) is 12.7. The van der Waals surface area contributed by atoms with Crippen LogP contribution in [-0.2, 0) is 0 Å². The van der Waals surface area contributed by atoms with Gasteiger partial charge in [-0.25, -0.2) is 4.79 Å². The summed E-state index contributed by atoms with van der Waals surface area (Å²) >= 11 is 0. The van der Waals surface area contributed by atoms with Crippen LogP contribution in [0.5, 0.6) is 0 Å². The Hall–Kier alpha value is -0.770. The normalized spacial score (nSPS) is 32.4. The van der Waals surface area contributed by atoms with Crippen molar-refractivity contribution >= 4 is 6.03 Å². The largest absolute Gasteiger partial charge is 0.393 e. The number of nitrogens with zero attached hydrogens (tertiary/aromatic N) is 1. The van der Waals surface area contributed by atoms with E-state index in [4.69, 9.17) is 0 Å². The number of amides is 2. The number of likely N-dealkylation sites (tertiary alicyclic amines) is 1. The number of aliphatic hydroxyl groups is 1. The minimum atomic E-state index is -0.192. The van der Waals surface area contributed by atoms with E-state index in [0.717, 1.165) is 45.3 Å². The molecule has 0 aromatic heterocycles. The smallest absolute Gasteiger partial charge is 0.317 e. The molecular weight excluding hydrogens is 216 g/mol. The number of nitrogens with one attached hydrogen (secondary N) is 1. The van der Waals surface area contributed by atoms with Crippen molar-refractivity contribution < 1.29 is 9.90 Å². The summed E-state index contributed by atoms with van der Waals surface area (Å²) in [6.45, 7) is 4.46. The molecule has 0 aromatic rings.